The number of nitrogens with zero attached hydrogens (tertiary/aromatic N) is 1. The molecule has 7 heteroatoms. The second kappa shape index (κ2) is 7.13. The van der Waals surface area contributed by atoms with Gasteiger partial charge < -0.3 is 9.64 Å². The Morgan fingerprint density at radius 2 is 2.00 bits per heavy atom. The molecule has 0 spiro atoms. The molecule has 118 valence electrons. The second-order valence-electron chi connectivity index (χ2n) is 4.70. The molecule has 0 fully saturated rings. The van der Waals surface area contributed by atoms with E-state index in [1.165, 1.54) is 18.2 Å². The lowest BCUT2D eigenvalue weighted by Crippen LogP contribution is -2.34. The van der Waals surface area contributed by atoms with Crippen LogP contribution >= 0.6 is 10.7 Å². The Balaban J connectivity index is 3.32. The van der Waals surface area contributed by atoms with E-state index in [-0.39, 0.29) is 22.4 Å². The van der Waals surface area contributed by atoms with Gasteiger partial charge in [0.05, 0.1) is 17.1 Å². The van der Waals surface area contributed by atoms with Crippen molar-refractivity contribution < 1.29 is 17.9 Å². The van der Waals surface area contributed by atoms with Crippen LogP contribution in [0, 0.1) is 0 Å². The molecule has 0 aliphatic rings. The predicted molar refractivity (Wildman–Crippen MR) is 82.5 cm³/mol. The smallest absolute Gasteiger partial charge is 0.261 e. The van der Waals surface area contributed by atoms with Gasteiger partial charge in [-0.1, -0.05) is 6.92 Å². The number of carbonyl (C=O) groups excluding carboxylic acids is 1. The molecule has 5 nitrogen and oxygen atoms in total. The first-order valence-corrected chi connectivity index (χ1v) is 9.01. The van der Waals surface area contributed by atoms with E-state index in [1.807, 2.05) is 13.8 Å². The predicted octanol–water partition coefficient (Wildman–Crippen LogP) is 2.88. The molecule has 21 heavy (non-hydrogen) atoms. The van der Waals surface area contributed by atoms with Crippen LogP contribution in [0.15, 0.2) is 23.1 Å². The summed E-state index contributed by atoms with van der Waals surface area (Å²) >= 11 is 0. The Morgan fingerprint density at radius 1 is 1.38 bits per heavy atom. The van der Waals surface area contributed by atoms with Crippen molar-refractivity contribution in [1.82, 2.24) is 4.90 Å². The number of benzene rings is 1. The van der Waals surface area contributed by atoms with Gasteiger partial charge in [-0.25, -0.2) is 8.42 Å². The first kappa shape index (κ1) is 17.8. The molecule has 1 atom stereocenters. The molecule has 1 amide bonds. The van der Waals surface area contributed by atoms with E-state index in [2.05, 4.69) is 0 Å². The first-order chi connectivity index (χ1) is 9.72. The van der Waals surface area contributed by atoms with Crippen LogP contribution < -0.4 is 4.74 Å². The Kier molecular flexibility index (Phi) is 6.04. The lowest BCUT2D eigenvalue weighted by Gasteiger charge is -2.25. The van der Waals surface area contributed by atoms with Crippen LogP contribution in [0.5, 0.6) is 5.75 Å². The molecular weight excluding hydrogens is 314 g/mol. The minimum atomic E-state index is -3.90. The van der Waals surface area contributed by atoms with Gasteiger partial charge >= 0.3 is 0 Å². The standard InChI is InChI=1S/C14H20ClNO4S/c1-5-10(3)16(4)14(17)12-9-11(21(15,18)19)7-8-13(12)20-6-2/h7-10H,5-6H2,1-4H3. The van der Waals surface area contributed by atoms with E-state index in [0.29, 0.717) is 12.4 Å². The summed E-state index contributed by atoms with van der Waals surface area (Å²) in [6, 6.07) is 4.07. The summed E-state index contributed by atoms with van der Waals surface area (Å²) in [5.74, 6) is 0.0525. The Labute approximate surface area is 130 Å². The van der Waals surface area contributed by atoms with Crippen LogP contribution in [-0.2, 0) is 9.05 Å². The van der Waals surface area contributed by atoms with Crippen LogP contribution in [0.25, 0.3) is 0 Å². The summed E-state index contributed by atoms with van der Waals surface area (Å²) in [5, 5.41) is 0. The monoisotopic (exact) mass is 333 g/mol. The summed E-state index contributed by atoms with van der Waals surface area (Å²) < 4.78 is 28.3. The van der Waals surface area contributed by atoms with Crippen LogP contribution in [0.4, 0.5) is 0 Å². The minimum Gasteiger partial charge on any atom is -0.493 e. The average Bonchev–Trinajstić information content (AvgIpc) is 2.44. The van der Waals surface area contributed by atoms with E-state index in [9.17, 15) is 13.2 Å². The Hall–Kier alpha value is -1.27. The molecule has 0 aromatic heterocycles. The molecule has 1 rings (SSSR count). The SMILES string of the molecule is CCOc1ccc(S(=O)(=O)Cl)cc1C(=O)N(C)C(C)CC. The molecule has 1 unspecified atom stereocenters. The van der Waals surface area contributed by atoms with Crippen molar-refractivity contribution in [1.29, 1.82) is 0 Å². The van der Waals surface area contributed by atoms with Gasteiger partial charge in [-0.15, -0.1) is 0 Å². The van der Waals surface area contributed by atoms with Crippen molar-refractivity contribution in [2.75, 3.05) is 13.7 Å². The summed E-state index contributed by atoms with van der Waals surface area (Å²) in [6.07, 6.45) is 0.791. The highest BCUT2D eigenvalue weighted by atomic mass is 35.7. The van der Waals surface area contributed by atoms with Crippen molar-refractivity contribution in [3.8, 4) is 5.75 Å². The van der Waals surface area contributed by atoms with Gasteiger partial charge in [0.2, 0.25) is 0 Å². The van der Waals surface area contributed by atoms with Crippen LogP contribution in [0.2, 0.25) is 0 Å². The van der Waals surface area contributed by atoms with E-state index in [0.717, 1.165) is 6.42 Å². The average molecular weight is 334 g/mol. The van der Waals surface area contributed by atoms with E-state index in [4.69, 9.17) is 15.4 Å². The highest BCUT2D eigenvalue weighted by Crippen LogP contribution is 2.26. The fraction of sp³-hybridized carbons (Fsp3) is 0.500. The highest BCUT2D eigenvalue weighted by molar-refractivity contribution is 8.13. The summed E-state index contributed by atoms with van der Waals surface area (Å²) in [7, 11) is 3.12. The fourth-order valence-electron chi connectivity index (χ4n) is 1.77. The van der Waals surface area contributed by atoms with Gasteiger partial charge in [0.1, 0.15) is 5.75 Å². The van der Waals surface area contributed by atoms with Crippen LogP contribution in [-0.4, -0.2) is 38.9 Å². The van der Waals surface area contributed by atoms with E-state index >= 15 is 0 Å². The summed E-state index contributed by atoms with van der Waals surface area (Å²) in [5.41, 5.74) is 0.196. The highest BCUT2D eigenvalue weighted by Gasteiger charge is 2.23. The number of hydrogen-bond acceptors (Lipinski definition) is 4. The third-order valence-corrected chi connectivity index (χ3v) is 4.69. The lowest BCUT2D eigenvalue weighted by atomic mass is 10.1. The van der Waals surface area contributed by atoms with Crippen LogP contribution in [0.3, 0.4) is 0 Å². The van der Waals surface area contributed by atoms with Gasteiger partial charge in [0, 0.05) is 23.8 Å². The zero-order valence-electron chi connectivity index (χ0n) is 12.6. The molecular formula is C14H20ClNO4S. The Morgan fingerprint density at radius 3 is 2.48 bits per heavy atom. The number of ether oxygens (including phenoxy) is 1. The van der Waals surface area contributed by atoms with E-state index in [1.54, 1.807) is 18.9 Å². The molecule has 1 aromatic rings. The number of carbonyl (C=O) groups is 1. The molecule has 0 aliphatic heterocycles. The minimum absolute atomic E-state index is 0.0308. The van der Waals surface area contributed by atoms with Crippen LogP contribution in [0.1, 0.15) is 37.6 Å². The molecule has 0 bridgehead atoms. The van der Waals surface area contributed by atoms with Crippen molar-refractivity contribution in [3.63, 3.8) is 0 Å². The third kappa shape index (κ3) is 4.35. The van der Waals surface area contributed by atoms with Crippen molar-refractivity contribution in [3.05, 3.63) is 23.8 Å². The summed E-state index contributed by atoms with van der Waals surface area (Å²) in [4.78, 5) is 14.0. The van der Waals surface area contributed by atoms with Crippen molar-refractivity contribution >= 4 is 25.6 Å². The normalized spacial score (nSPS) is 12.8. The lowest BCUT2D eigenvalue weighted by molar-refractivity contribution is 0.0736. The fourth-order valence-corrected chi connectivity index (χ4v) is 2.55. The maximum absolute atomic E-state index is 12.5. The van der Waals surface area contributed by atoms with Gasteiger partial charge in [-0.3, -0.25) is 4.79 Å². The van der Waals surface area contributed by atoms with Gasteiger partial charge in [0.25, 0.3) is 15.0 Å². The number of rotatable bonds is 6. The van der Waals surface area contributed by atoms with Crippen molar-refractivity contribution in [2.24, 2.45) is 0 Å². The molecule has 0 saturated carbocycles. The number of hydrogen-bond donors (Lipinski definition) is 0. The Bertz CT molecular complexity index is 615. The molecule has 1 aromatic carbocycles. The first-order valence-electron chi connectivity index (χ1n) is 6.71. The summed E-state index contributed by atoms with van der Waals surface area (Å²) in [6.45, 7) is 6.05. The maximum atomic E-state index is 12.5. The van der Waals surface area contributed by atoms with Gasteiger partial charge in [0.15, 0.2) is 0 Å². The second-order valence-corrected chi connectivity index (χ2v) is 7.27. The zero-order chi connectivity index (χ0) is 16.2. The van der Waals surface area contributed by atoms with Gasteiger partial charge in [-0.05, 0) is 38.5 Å². The molecule has 0 N–H and O–H groups in total. The van der Waals surface area contributed by atoms with E-state index < -0.39 is 9.05 Å². The quantitative estimate of drug-likeness (QED) is 0.751. The molecule has 0 saturated heterocycles. The largest absolute Gasteiger partial charge is 0.493 e. The van der Waals surface area contributed by atoms with Gasteiger partial charge in [-0.2, -0.15) is 0 Å². The third-order valence-electron chi connectivity index (χ3n) is 3.34. The topological polar surface area (TPSA) is 63.7 Å². The number of amides is 1. The van der Waals surface area contributed by atoms with Crippen molar-refractivity contribution in [2.45, 2.75) is 38.1 Å². The molecule has 0 aliphatic carbocycles. The maximum Gasteiger partial charge on any atom is 0.261 e. The molecule has 0 heterocycles. The zero-order valence-corrected chi connectivity index (χ0v) is 14.2. The number of halogens is 1. The molecule has 0 radical (unpaired) electrons.